The summed E-state index contributed by atoms with van der Waals surface area (Å²) in [5.74, 6) is -0.166. The molecule has 1 aliphatic rings. The van der Waals surface area contributed by atoms with Gasteiger partial charge in [-0.15, -0.1) is 0 Å². The molecule has 108 valence electrons. The van der Waals surface area contributed by atoms with Crippen LogP contribution in [0.15, 0.2) is 42.6 Å². The van der Waals surface area contributed by atoms with E-state index in [9.17, 15) is 4.79 Å². The molecule has 5 heteroatoms. The summed E-state index contributed by atoms with van der Waals surface area (Å²) in [6.45, 7) is 0.898. The van der Waals surface area contributed by atoms with Gasteiger partial charge in [-0.2, -0.15) is 0 Å². The van der Waals surface area contributed by atoms with E-state index >= 15 is 0 Å². The maximum Gasteiger partial charge on any atom is 0.337 e. The van der Waals surface area contributed by atoms with E-state index in [1.165, 1.54) is 6.20 Å². The smallest absolute Gasteiger partial charge is 0.337 e. The largest absolute Gasteiger partial charge is 0.478 e. The first-order chi connectivity index (χ1) is 10.2. The molecule has 2 heterocycles. The number of pyridine rings is 1. The first-order valence-electron chi connectivity index (χ1n) is 6.87. The normalized spacial score (nSPS) is 18.0. The molecule has 1 aliphatic heterocycles. The van der Waals surface area contributed by atoms with Gasteiger partial charge in [0.1, 0.15) is 5.82 Å². The Labute approximate surface area is 128 Å². The zero-order chi connectivity index (χ0) is 14.8. The van der Waals surface area contributed by atoms with Crippen LogP contribution in [0.5, 0.6) is 0 Å². The van der Waals surface area contributed by atoms with Crippen molar-refractivity contribution in [2.45, 2.75) is 18.9 Å². The maximum absolute atomic E-state index is 10.9. The van der Waals surface area contributed by atoms with Gasteiger partial charge >= 0.3 is 5.97 Å². The van der Waals surface area contributed by atoms with Crippen LogP contribution in [0.2, 0.25) is 5.02 Å². The molecule has 0 saturated carbocycles. The molecular formula is C16H15ClN2O2. The molecule has 0 unspecified atom stereocenters. The maximum atomic E-state index is 10.9. The summed E-state index contributed by atoms with van der Waals surface area (Å²) in [6.07, 6.45) is 3.49. The summed E-state index contributed by atoms with van der Waals surface area (Å²) in [7, 11) is 0. The summed E-state index contributed by atoms with van der Waals surface area (Å²) in [5, 5.41) is 9.70. The summed E-state index contributed by atoms with van der Waals surface area (Å²) in [4.78, 5) is 17.4. The van der Waals surface area contributed by atoms with Crippen LogP contribution in [0.25, 0.3) is 0 Å². The average molecular weight is 303 g/mol. The van der Waals surface area contributed by atoms with Crippen molar-refractivity contribution in [3.05, 3.63) is 58.7 Å². The Bertz CT molecular complexity index is 658. The second kappa shape index (κ2) is 5.74. The molecule has 1 saturated heterocycles. The third kappa shape index (κ3) is 2.72. The van der Waals surface area contributed by atoms with Crippen molar-refractivity contribution in [2.24, 2.45) is 0 Å². The van der Waals surface area contributed by atoms with E-state index in [4.69, 9.17) is 16.7 Å². The molecule has 4 nitrogen and oxygen atoms in total. The number of hydrogen-bond acceptors (Lipinski definition) is 3. The van der Waals surface area contributed by atoms with Gasteiger partial charge in [0, 0.05) is 17.8 Å². The van der Waals surface area contributed by atoms with Crippen LogP contribution in [0.4, 0.5) is 5.82 Å². The SMILES string of the molecule is O=C(O)c1ccc(N2CCC[C@H]2c2ccccc2Cl)nc1. The van der Waals surface area contributed by atoms with E-state index in [1.807, 2.05) is 24.3 Å². The number of hydrogen-bond donors (Lipinski definition) is 1. The van der Waals surface area contributed by atoms with Crippen LogP contribution in [0.1, 0.15) is 34.8 Å². The molecule has 3 rings (SSSR count). The molecule has 1 atom stereocenters. The van der Waals surface area contributed by atoms with Gasteiger partial charge in [-0.1, -0.05) is 29.8 Å². The Balaban J connectivity index is 1.90. The highest BCUT2D eigenvalue weighted by molar-refractivity contribution is 6.31. The molecular weight excluding hydrogens is 288 g/mol. The number of carboxylic acids is 1. The molecule has 0 aliphatic carbocycles. The lowest BCUT2D eigenvalue weighted by Crippen LogP contribution is -2.23. The van der Waals surface area contributed by atoms with Crippen molar-refractivity contribution in [1.82, 2.24) is 4.98 Å². The Morgan fingerprint density at radius 3 is 2.76 bits per heavy atom. The summed E-state index contributed by atoms with van der Waals surface area (Å²) < 4.78 is 0. The van der Waals surface area contributed by atoms with Gasteiger partial charge in [0.15, 0.2) is 0 Å². The molecule has 0 amide bonds. The number of anilines is 1. The fourth-order valence-electron chi connectivity index (χ4n) is 2.79. The second-order valence-electron chi connectivity index (χ2n) is 5.08. The van der Waals surface area contributed by atoms with Crippen LogP contribution in [0.3, 0.4) is 0 Å². The monoisotopic (exact) mass is 302 g/mol. The number of benzene rings is 1. The quantitative estimate of drug-likeness (QED) is 0.937. The van der Waals surface area contributed by atoms with Gasteiger partial charge in [0.2, 0.25) is 0 Å². The lowest BCUT2D eigenvalue weighted by atomic mass is 10.0. The van der Waals surface area contributed by atoms with E-state index < -0.39 is 5.97 Å². The molecule has 0 bridgehead atoms. The Hall–Kier alpha value is -2.07. The second-order valence-corrected chi connectivity index (χ2v) is 5.49. The average Bonchev–Trinajstić information content (AvgIpc) is 2.97. The minimum atomic E-state index is -0.960. The molecule has 21 heavy (non-hydrogen) atoms. The lowest BCUT2D eigenvalue weighted by Gasteiger charge is -2.26. The molecule has 2 aromatic rings. The van der Waals surface area contributed by atoms with Gasteiger partial charge < -0.3 is 10.0 Å². The fourth-order valence-corrected chi connectivity index (χ4v) is 3.05. The van der Waals surface area contributed by atoms with Crippen molar-refractivity contribution in [2.75, 3.05) is 11.4 Å². The van der Waals surface area contributed by atoms with E-state index in [2.05, 4.69) is 9.88 Å². The first kappa shape index (κ1) is 13.9. The van der Waals surface area contributed by atoms with Gasteiger partial charge in [0.25, 0.3) is 0 Å². The molecule has 1 aromatic carbocycles. The summed E-state index contributed by atoms with van der Waals surface area (Å²) >= 11 is 6.30. The van der Waals surface area contributed by atoms with Crippen molar-refractivity contribution in [1.29, 1.82) is 0 Å². The van der Waals surface area contributed by atoms with Crippen LogP contribution < -0.4 is 4.90 Å². The lowest BCUT2D eigenvalue weighted by molar-refractivity contribution is 0.0696. The van der Waals surface area contributed by atoms with Crippen molar-refractivity contribution in [3.8, 4) is 0 Å². The third-order valence-corrected chi connectivity index (χ3v) is 4.15. The van der Waals surface area contributed by atoms with Gasteiger partial charge in [-0.25, -0.2) is 9.78 Å². The Morgan fingerprint density at radius 2 is 2.10 bits per heavy atom. The fraction of sp³-hybridized carbons (Fsp3) is 0.250. The van der Waals surface area contributed by atoms with E-state index in [1.54, 1.807) is 12.1 Å². The molecule has 1 fully saturated rings. The van der Waals surface area contributed by atoms with Crippen molar-refractivity contribution >= 4 is 23.4 Å². The first-order valence-corrected chi connectivity index (χ1v) is 7.25. The molecule has 1 N–H and O–H groups in total. The summed E-state index contributed by atoms with van der Waals surface area (Å²) in [5.41, 5.74) is 1.30. The molecule has 0 spiro atoms. The van der Waals surface area contributed by atoms with Crippen molar-refractivity contribution in [3.63, 3.8) is 0 Å². The van der Waals surface area contributed by atoms with Crippen LogP contribution >= 0.6 is 11.6 Å². The minimum absolute atomic E-state index is 0.196. The van der Waals surface area contributed by atoms with Crippen molar-refractivity contribution < 1.29 is 9.90 Å². The number of rotatable bonds is 3. The van der Waals surface area contributed by atoms with Crippen LogP contribution in [0, 0.1) is 0 Å². The van der Waals surface area contributed by atoms with Crippen LogP contribution in [-0.4, -0.2) is 22.6 Å². The minimum Gasteiger partial charge on any atom is -0.478 e. The Kier molecular flexibility index (Phi) is 3.80. The third-order valence-electron chi connectivity index (χ3n) is 3.81. The van der Waals surface area contributed by atoms with E-state index in [-0.39, 0.29) is 11.6 Å². The highest BCUT2D eigenvalue weighted by Gasteiger charge is 2.28. The predicted octanol–water partition coefficient (Wildman–Crippen LogP) is 3.77. The van der Waals surface area contributed by atoms with Gasteiger partial charge in [-0.05, 0) is 36.6 Å². The molecule has 1 aromatic heterocycles. The van der Waals surface area contributed by atoms with E-state index in [0.29, 0.717) is 0 Å². The van der Waals surface area contributed by atoms with Gasteiger partial charge in [-0.3, -0.25) is 0 Å². The topological polar surface area (TPSA) is 53.4 Å². The number of carbonyl (C=O) groups is 1. The Morgan fingerprint density at radius 1 is 1.29 bits per heavy atom. The number of aromatic carboxylic acids is 1. The van der Waals surface area contributed by atoms with Crippen LogP contribution in [-0.2, 0) is 0 Å². The van der Waals surface area contributed by atoms with E-state index in [0.717, 1.165) is 35.8 Å². The van der Waals surface area contributed by atoms with Gasteiger partial charge in [0.05, 0.1) is 11.6 Å². The predicted molar refractivity (Wildman–Crippen MR) is 82.0 cm³/mol. The number of carboxylic acid groups (broad SMARTS) is 1. The zero-order valence-electron chi connectivity index (χ0n) is 11.4. The highest BCUT2D eigenvalue weighted by atomic mass is 35.5. The molecule has 0 radical (unpaired) electrons. The standard InChI is InChI=1S/C16H15ClN2O2/c17-13-5-2-1-4-12(13)14-6-3-9-19(14)15-8-7-11(10-18-15)16(20)21/h1-2,4-5,7-8,10,14H,3,6,9H2,(H,20,21)/t14-/m0/s1. The summed E-state index contributed by atoms with van der Waals surface area (Å²) in [6, 6.07) is 11.4. The number of nitrogens with zero attached hydrogens (tertiary/aromatic N) is 2. The number of halogens is 1. The number of aromatic nitrogens is 1. The highest BCUT2D eigenvalue weighted by Crippen LogP contribution is 2.37. The zero-order valence-corrected chi connectivity index (χ0v) is 12.1.